The summed E-state index contributed by atoms with van der Waals surface area (Å²) < 4.78 is 0. The number of guanidine groups is 1. The van der Waals surface area contributed by atoms with E-state index in [0.29, 0.717) is 12.5 Å². The number of aliphatic imine (C=N–C) groups is 1. The van der Waals surface area contributed by atoms with Crippen LogP contribution >= 0.6 is 35.3 Å². The van der Waals surface area contributed by atoms with Crippen LogP contribution in [-0.2, 0) is 11.2 Å². The topological polar surface area (TPSA) is 69.6 Å². The molecular weight excluding hydrogens is 449 g/mol. The van der Waals surface area contributed by atoms with E-state index in [-0.39, 0.29) is 29.9 Å². The lowest BCUT2D eigenvalue weighted by atomic mass is 10.3. The van der Waals surface area contributed by atoms with Gasteiger partial charge in [0.2, 0.25) is 5.91 Å². The van der Waals surface area contributed by atoms with Crippen LogP contribution in [0.1, 0.15) is 43.8 Å². The highest BCUT2D eigenvalue weighted by Crippen LogP contribution is 2.11. The minimum absolute atomic E-state index is 0. The first kappa shape index (κ1) is 22.1. The molecule has 6 nitrogen and oxygen atoms in total. The predicted octanol–water partition coefficient (Wildman–Crippen LogP) is 2.57. The van der Waals surface area contributed by atoms with Crippen LogP contribution in [0.25, 0.3) is 0 Å². The third-order valence-electron chi connectivity index (χ3n) is 4.01. The minimum Gasteiger partial charge on any atom is -0.357 e. The van der Waals surface area contributed by atoms with Crippen LogP contribution in [0.4, 0.5) is 0 Å². The van der Waals surface area contributed by atoms with Crippen LogP contribution in [-0.4, -0.2) is 54.0 Å². The molecule has 1 aromatic heterocycles. The van der Waals surface area contributed by atoms with Crippen LogP contribution < -0.4 is 10.6 Å². The van der Waals surface area contributed by atoms with Gasteiger partial charge in [0.15, 0.2) is 5.96 Å². The Hall–Kier alpha value is -0.900. The summed E-state index contributed by atoms with van der Waals surface area (Å²) in [4.78, 5) is 22.8. The van der Waals surface area contributed by atoms with Crippen molar-refractivity contribution < 1.29 is 4.79 Å². The molecule has 1 aliphatic heterocycles. The molecule has 0 spiro atoms. The maximum Gasteiger partial charge on any atom is 0.222 e. The summed E-state index contributed by atoms with van der Waals surface area (Å²) in [6, 6.07) is 0.292. The van der Waals surface area contributed by atoms with Gasteiger partial charge in [0.05, 0.1) is 5.01 Å². The number of likely N-dealkylation sites (tertiary alicyclic amines) is 1. The van der Waals surface area contributed by atoms with E-state index in [1.54, 1.807) is 11.3 Å². The molecule has 2 rings (SSSR count). The maximum absolute atomic E-state index is 11.8. The number of carbonyl (C=O) groups is 1. The van der Waals surface area contributed by atoms with E-state index < -0.39 is 0 Å². The highest BCUT2D eigenvalue weighted by Gasteiger charge is 2.25. The monoisotopic (exact) mass is 479 g/mol. The van der Waals surface area contributed by atoms with Gasteiger partial charge in [-0.3, -0.25) is 9.79 Å². The Balaban J connectivity index is 0.00000312. The molecule has 0 aromatic carbocycles. The Bertz CT molecular complexity index is 563. The molecule has 2 N–H and O–H groups in total. The lowest BCUT2D eigenvalue weighted by Gasteiger charge is -2.18. The largest absolute Gasteiger partial charge is 0.357 e. The molecule has 25 heavy (non-hydrogen) atoms. The Morgan fingerprint density at radius 3 is 2.92 bits per heavy atom. The van der Waals surface area contributed by atoms with Gasteiger partial charge < -0.3 is 15.5 Å². The second-order valence-electron chi connectivity index (χ2n) is 6.07. The van der Waals surface area contributed by atoms with Gasteiger partial charge in [0.25, 0.3) is 0 Å². The Labute approximate surface area is 171 Å². The minimum atomic E-state index is 0. The number of nitrogens with one attached hydrogen (secondary N) is 2. The van der Waals surface area contributed by atoms with Crippen molar-refractivity contribution in [3.63, 3.8) is 0 Å². The summed E-state index contributed by atoms with van der Waals surface area (Å²) in [6.45, 7) is 9.23. The first-order chi connectivity index (χ1) is 11.6. The Kier molecular flexibility index (Phi) is 10.3. The predicted molar refractivity (Wildman–Crippen MR) is 115 cm³/mol. The number of halogens is 1. The molecular formula is C17H30IN5OS. The Morgan fingerprint density at radius 2 is 2.28 bits per heavy atom. The smallest absolute Gasteiger partial charge is 0.222 e. The van der Waals surface area contributed by atoms with E-state index in [1.165, 1.54) is 5.01 Å². The molecule has 0 bridgehead atoms. The van der Waals surface area contributed by atoms with Gasteiger partial charge in [-0.25, -0.2) is 4.98 Å². The number of carbonyl (C=O) groups excluding carboxylic acids is 1. The zero-order valence-electron chi connectivity index (χ0n) is 15.4. The highest BCUT2D eigenvalue weighted by atomic mass is 127. The van der Waals surface area contributed by atoms with Crippen LogP contribution in [0.3, 0.4) is 0 Å². The van der Waals surface area contributed by atoms with E-state index in [0.717, 1.165) is 57.1 Å². The van der Waals surface area contributed by atoms with Crippen molar-refractivity contribution in [3.8, 4) is 0 Å². The van der Waals surface area contributed by atoms with Gasteiger partial charge in [0.1, 0.15) is 0 Å². The van der Waals surface area contributed by atoms with Crippen molar-refractivity contribution in [2.75, 3.05) is 26.2 Å². The van der Waals surface area contributed by atoms with Gasteiger partial charge in [-0.15, -0.1) is 35.3 Å². The van der Waals surface area contributed by atoms with Crippen LogP contribution in [0.5, 0.6) is 0 Å². The van der Waals surface area contributed by atoms with Crippen LogP contribution in [0.2, 0.25) is 0 Å². The number of hydrogen-bond donors (Lipinski definition) is 2. The molecule has 1 aliphatic rings. The quantitative estimate of drug-likeness (QED) is 0.273. The highest BCUT2D eigenvalue weighted by molar-refractivity contribution is 14.0. The molecule has 0 saturated carbocycles. The average molecular weight is 479 g/mol. The molecule has 142 valence electrons. The Morgan fingerprint density at radius 1 is 1.48 bits per heavy atom. The summed E-state index contributed by atoms with van der Waals surface area (Å²) in [5.74, 6) is 1.09. The SMILES string of the molecule is CCNC(=NCCCc1nc(C)cs1)NC1CCN(C(=O)CC)C1.I. The molecule has 0 radical (unpaired) electrons. The molecule has 1 amide bonds. The first-order valence-electron chi connectivity index (χ1n) is 8.86. The van der Waals surface area contributed by atoms with Crippen LogP contribution in [0.15, 0.2) is 10.4 Å². The normalized spacial score (nSPS) is 17.3. The van der Waals surface area contributed by atoms with E-state index in [4.69, 9.17) is 0 Å². The molecule has 1 fully saturated rings. The number of rotatable bonds is 7. The lowest BCUT2D eigenvalue weighted by molar-refractivity contribution is -0.129. The zero-order valence-corrected chi connectivity index (χ0v) is 18.5. The average Bonchev–Trinajstić information content (AvgIpc) is 3.20. The van der Waals surface area contributed by atoms with Gasteiger partial charge in [-0.1, -0.05) is 6.92 Å². The number of hydrogen-bond acceptors (Lipinski definition) is 4. The standard InChI is InChI=1S/C17H29N5OS.HI/c1-4-16(23)22-10-8-14(11-22)21-17(18-5-2)19-9-6-7-15-20-13(3)12-24-15;/h12,14H,4-11H2,1-3H3,(H2,18,19,21);1H. The maximum atomic E-state index is 11.8. The lowest BCUT2D eigenvalue weighted by Crippen LogP contribution is -2.45. The number of thiazole rings is 1. The van der Waals surface area contributed by atoms with Crippen molar-refractivity contribution >= 4 is 47.2 Å². The van der Waals surface area contributed by atoms with Gasteiger partial charge in [-0.2, -0.15) is 0 Å². The van der Waals surface area contributed by atoms with Crippen LogP contribution in [0, 0.1) is 6.92 Å². The second kappa shape index (κ2) is 11.7. The van der Waals surface area contributed by atoms with Gasteiger partial charge in [-0.05, 0) is 26.7 Å². The molecule has 8 heteroatoms. The molecule has 0 aliphatic carbocycles. The zero-order chi connectivity index (χ0) is 17.4. The number of nitrogens with zero attached hydrogens (tertiary/aromatic N) is 3. The van der Waals surface area contributed by atoms with E-state index in [9.17, 15) is 4.79 Å². The fourth-order valence-corrected chi connectivity index (χ4v) is 3.60. The van der Waals surface area contributed by atoms with E-state index in [2.05, 4.69) is 32.9 Å². The van der Waals surface area contributed by atoms with E-state index >= 15 is 0 Å². The molecule has 1 aromatic rings. The van der Waals surface area contributed by atoms with Gasteiger partial charge in [0, 0.05) is 56.1 Å². The molecule has 1 saturated heterocycles. The number of amides is 1. The summed E-state index contributed by atoms with van der Waals surface area (Å²) in [5, 5.41) is 10.0. The van der Waals surface area contributed by atoms with Crippen molar-refractivity contribution in [1.29, 1.82) is 0 Å². The van der Waals surface area contributed by atoms with E-state index in [1.807, 2.05) is 18.7 Å². The molecule has 2 heterocycles. The fraction of sp³-hybridized carbons (Fsp3) is 0.706. The third kappa shape index (κ3) is 7.47. The van der Waals surface area contributed by atoms with Gasteiger partial charge >= 0.3 is 0 Å². The summed E-state index contributed by atoms with van der Waals surface area (Å²) in [6.07, 6.45) is 3.53. The molecule has 1 atom stereocenters. The van der Waals surface area contributed by atoms with Crippen molar-refractivity contribution in [2.45, 2.75) is 52.5 Å². The number of aryl methyl sites for hydroxylation is 2. The van der Waals surface area contributed by atoms with Crippen molar-refractivity contribution in [3.05, 3.63) is 16.1 Å². The summed E-state index contributed by atoms with van der Waals surface area (Å²) in [5.41, 5.74) is 1.10. The summed E-state index contributed by atoms with van der Waals surface area (Å²) in [7, 11) is 0. The van der Waals surface area contributed by atoms with Crippen molar-refractivity contribution in [2.24, 2.45) is 4.99 Å². The number of aromatic nitrogens is 1. The van der Waals surface area contributed by atoms with Crippen molar-refractivity contribution in [1.82, 2.24) is 20.5 Å². The summed E-state index contributed by atoms with van der Waals surface area (Å²) >= 11 is 1.72. The first-order valence-corrected chi connectivity index (χ1v) is 9.74. The molecule has 1 unspecified atom stereocenters. The third-order valence-corrected chi connectivity index (χ3v) is 5.04. The fourth-order valence-electron chi connectivity index (χ4n) is 2.78. The second-order valence-corrected chi connectivity index (χ2v) is 7.01.